The first-order chi connectivity index (χ1) is 16.4. The molecule has 2 aromatic heterocycles. The highest BCUT2D eigenvalue weighted by Gasteiger charge is 2.35. The Hall–Kier alpha value is -3.26. The Labute approximate surface area is 200 Å². The van der Waals surface area contributed by atoms with Crippen molar-refractivity contribution in [3.8, 4) is 5.88 Å². The highest BCUT2D eigenvalue weighted by atomic mass is 16.5. The van der Waals surface area contributed by atoms with E-state index in [1.54, 1.807) is 47.6 Å². The molecule has 1 N–H and O–H groups in total. The molecule has 0 bridgehead atoms. The second-order valence-corrected chi connectivity index (χ2v) is 9.25. The predicted molar refractivity (Wildman–Crippen MR) is 128 cm³/mol. The highest BCUT2D eigenvalue weighted by molar-refractivity contribution is 5.97. The van der Waals surface area contributed by atoms with E-state index in [4.69, 9.17) is 4.74 Å². The largest absolute Gasteiger partial charge is 0.472 e. The fraction of sp³-hybridized carbons (Fsp3) is 0.462. The van der Waals surface area contributed by atoms with Crippen molar-refractivity contribution in [1.82, 2.24) is 19.8 Å². The van der Waals surface area contributed by atoms with Crippen LogP contribution in [0.5, 0.6) is 5.88 Å². The quantitative estimate of drug-likeness (QED) is 0.706. The van der Waals surface area contributed by atoms with Gasteiger partial charge in [0.2, 0.25) is 5.88 Å². The Morgan fingerprint density at radius 3 is 2.88 bits per heavy atom. The van der Waals surface area contributed by atoms with Gasteiger partial charge < -0.3 is 19.6 Å². The van der Waals surface area contributed by atoms with Crippen LogP contribution in [0.3, 0.4) is 0 Å². The summed E-state index contributed by atoms with van der Waals surface area (Å²) in [5, 5.41) is 9.83. The number of carbonyl (C=O) groups is 2. The number of aliphatic hydroxyl groups is 1. The molecule has 2 amide bonds. The van der Waals surface area contributed by atoms with E-state index in [9.17, 15) is 14.7 Å². The van der Waals surface area contributed by atoms with Gasteiger partial charge in [0.05, 0.1) is 24.8 Å². The van der Waals surface area contributed by atoms with E-state index in [1.807, 2.05) is 19.9 Å². The van der Waals surface area contributed by atoms with Crippen molar-refractivity contribution in [1.29, 1.82) is 0 Å². The van der Waals surface area contributed by atoms with E-state index in [-0.39, 0.29) is 36.3 Å². The van der Waals surface area contributed by atoms with Crippen LogP contribution in [0, 0.1) is 5.92 Å². The van der Waals surface area contributed by atoms with Gasteiger partial charge in [-0.2, -0.15) is 0 Å². The fourth-order valence-corrected chi connectivity index (χ4v) is 4.49. The molecule has 8 nitrogen and oxygen atoms in total. The number of carbonyl (C=O) groups excluding carboxylic acids is 2. The van der Waals surface area contributed by atoms with Crippen LogP contribution in [0.4, 0.5) is 0 Å². The number of fused-ring (bicyclic) bond motifs is 1. The number of amides is 2. The summed E-state index contributed by atoms with van der Waals surface area (Å²) >= 11 is 0. The maximum atomic E-state index is 13.5. The lowest BCUT2D eigenvalue weighted by atomic mass is 9.99. The highest BCUT2D eigenvalue weighted by Crippen LogP contribution is 2.32. The smallest absolute Gasteiger partial charge is 0.259 e. The molecule has 2 aromatic rings. The van der Waals surface area contributed by atoms with Crippen LogP contribution in [0.15, 0.2) is 42.9 Å². The topological polar surface area (TPSA) is 95.9 Å². The van der Waals surface area contributed by atoms with Gasteiger partial charge in [0.25, 0.3) is 11.8 Å². The molecule has 180 valence electrons. The molecule has 1 aliphatic heterocycles. The Morgan fingerprint density at radius 2 is 2.21 bits per heavy atom. The Balaban J connectivity index is 1.65. The molecule has 3 heterocycles. The van der Waals surface area contributed by atoms with Crippen molar-refractivity contribution in [2.24, 2.45) is 5.92 Å². The third-order valence-electron chi connectivity index (χ3n) is 6.64. The van der Waals surface area contributed by atoms with Crippen LogP contribution in [0.1, 0.15) is 59.4 Å². The summed E-state index contributed by atoms with van der Waals surface area (Å²) in [7, 11) is 1.73. The number of hydrogen-bond donors (Lipinski definition) is 1. The second-order valence-electron chi connectivity index (χ2n) is 9.25. The van der Waals surface area contributed by atoms with Crippen LogP contribution in [-0.2, 0) is 0 Å². The van der Waals surface area contributed by atoms with Crippen LogP contribution in [0.2, 0.25) is 0 Å². The van der Waals surface area contributed by atoms with Crippen molar-refractivity contribution < 1.29 is 19.4 Å². The number of likely N-dealkylation sites (N-methyl/N-ethyl adjacent to an activating group) is 1. The average Bonchev–Trinajstić information content (AvgIpc) is 3.40. The summed E-state index contributed by atoms with van der Waals surface area (Å²) in [5.41, 5.74) is 3.02. The van der Waals surface area contributed by atoms with E-state index in [0.717, 1.165) is 24.8 Å². The van der Waals surface area contributed by atoms with Crippen LogP contribution in [-0.4, -0.2) is 75.6 Å². The van der Waals surface area contributed by atoms with Gasteiger partial charge in [-0.1, -0.05) is 13.0 Å². The van der Waals surface area contributed by atoms with Crippen LogP contribution in [0.25, 0.3) is 5.57 Å². The van der Waals surface area contributed by atoms with Crippen LogP contribution < -0.4 is 4.74 Å². The molecule has 2 aliphatic rings. The SMILES string of the molecule is C[C@@H]1CN([C@@H](C)CO)C(=O)c2cc(C3=CCCC3)cnc2O[C@H]1CN(C)C(=O)c1cccnc1. The lowest BCUT2D eigenvalue weighted by molar-refractivity contribution is 0.0313. The summed E-state index contributed by atoms with van der Waals surface area (Å²) in [4.78, 5) is 38.3. The lowest BCUT2D eigenvalue weighted by Crippen LogP contribution is -2.50. The zero-order chi connectivity index (χ0) is 24.2. The average molecular weight is 465 g/mol. The normalized spacial score (nSPS) is 21.1. The molecule has 0 spiro atoms. The Morgan fingerprint density at radius 1 is 1.38 bits per heavy atom. The summed E-state index contributed by atoms with van der Waals surface area (Å²) in [6.07, 6.45) is 9.82. The van der Waals surface area contributed by atoms with E-state index in [1.165, 1.54) is 5.57 Å². The predicted octanol–water partition coefficient (Wildman–Crippen LogP) is 3.04. The number of rotatable bonds is 6. The first kappa shape index (κ1) is 23.9. The summed E-state index contributed by atoms with van der Waals surface area (Å²) in [5.74, 6) is -0.190. The molecule has 0 radical (unpaired) electrons. The number of allylic oxidation sites excluding steroid dienone is 2. The number of pyridine rings is 2. The van der Waals surface area contributed by atoms with Gasteiger partial charge in [0.1, 0.15) is 11.7 Å². The van der Waals surface area contributed by atoms with E-state index in [2.05, 4.69) is 16.0 Å². The van der Waals surface area contributed by atoms with Gasteiger partial charge in [0, 0.05) is 38.1 Å². The van der Waals surface area contributed by atoms with E-state index in [0.29, 0.717) is 24.2 Å². The summed E-state index contributed by atoms with van der Waals surface area (Å²) < 4.78 is 6.31. The van der Waals surface area contributed by atoms with Gasteiger partial charge in [0.15, 0.2) is 0 Å². The number of aromatic nitrogens is 2. The first-order valence-electron chi connectivity index (χ1n) is 11.8. The lowest BCUT2D eigenvalue weighted by Gasteiger charge is -2.37. The zero-order valence-electron chi connectivity index (χ0n) is 20.0. The third kappa shape index (κ3) is 4.97. The standard InChI is InChI=1S/C26H32N4O4/c1-17-14-30(18(2)16-31)26(33)22-11-21(19-7-4-5-8-19)13-28-24(22)34-23(17)15-29(3)25(32)20-9-6-10-27-12-20/h6-7,9-13,17-18,23,31H,4-5,8,14-16H2,1-3H3/t17-,18+,23+/m1/s1. The zero-order valence-corrected chi connectivity index (χ0v) is 20.0. The molecule has 0 fully saturated rings. The molecule has 0 aromatic carbocycles. The fourth-order valence-electron chi connectivity index (χ4n) is 4.49. The van der Waals surface area contributed by atoms with Crippen molar-refractivity contribution in [3.63, 3.8) is 0 Å². The molecule has 1 aliphatic carbocycles. The molecule has 0 saturated heterocycles. The Kier molecular flexibility index (Phi) is 7.26. The van der Waals surface area contributed by atoms with Crippen molar-refractivity contribution in [2.45, 2.75) is 45.3 Å². The molecule has 0 saturated carbocycles. The summed E-state index contributed by atoms with van der Waals surface area (Å²) in [6, 6.07) is 4.96. The first-order valence-corrected chi connectivity index (χ1v) is 11.8. The molecular weight excluding hydrogens is 432 g/mol. The minimum atomic E-state index is -0.394. The number of nitrogens with zero attached hydrogens (tertiary/aromatic N) is 4. The maximum absolute atomic E-state index is 13.5. The van der Waals surface area contributed by atoms with Gasteiger partial charge in [-0.3, -0.25) is 14.6 Å². The molecule has 0 unspecified atom stereocenters. The Bertz CT molecular complexity index is 1070. The number of hydrogen-bond acceptors (Lipinski definition) is 6. The molecule has 3 atom stereocenters. The minimum absolute atomic E-state index is 0.103. The van der Waals surface area contributed by atoms with Gasteiger partial charge >= 0.3 is 0 Å². The monoisotopic (exact) mass is 464 g/mol. The minimum Gasteiger partial charge on any atom is -0.472 e. The van der Waals surface area contributed by atoms with Crippen molar-refractivity contribution in [3.05, 3.63) is 59.6 Å². The van der Waals surface area contributed by atoms with E-state index >= 15 is 0 Å². The van der Waals surface area contributed by atoms with E-state index < -0.39 is 6.10 Å². The second kappa shape index (κ2) is 10.3. The maximum Gasteiger partial charge on any atom is 0.259 e. The number of aliphatic hydroxyl groups excluding tert-OH is 1. The van der Waals surface area contributed by atoms with Crippen molar-refractivity contribution in [2.75, 3.05) is 26.7 Å². The molecule has 34 heavy (non-hydrogen) atoms. The summed E-state index contributed by atoms with van der Waals surface area (Å²) in [6.45, 7) is 4.39. The molecule has 4 rings (SSSR count). The third-order valence-corrected chi connectivity index (χ3v) is 6.64. The van der Waals surface area contributed by atoms with Gasteiger partial charge in [-0.25, -0.2) is 4.98 Å². The molecule has 8 heteroatoms. The number of ether oxygens (including phenoxy) is 1. The van der Waals surface area contributed by atoms with Gasteiger partial charge in [-0.15, -0.1) is 0 Å². The van der Waals surface area contributed by atoms with Crippen LogP contribution >= 0.6 is 0 Å². The molecular formula is C26H32N4O4. The van der Waals surface area contributed by atoms with Gasteiger partial charge in [-0.05, 0) is 55.5 Å². The van der Waals surface area contributed by atoms with Crippen molar-refractivity contribution >= 4 is 17.4 Å².